The topological polar surface area (TPSA) is 86.2 Å². The van der Waals surface area contributed by atoms with E-state index >= 15 is 0 Å². The Kier molecular flexibility index (Phi) is 8.35. The molecule has 154 valence electrons. The number of hydrogen-bond donors (Lipinski definition) is 1. The zero-order chi connectivity index (χ0) is 20.8. The van der Waals surface area contributed by atoms with Crippen molar-refractivity contribution in [2.24, 2.45) is 4.99 Å². The van der Waals surface area contributed by atoms with Crippen molar-refractivity contribution in [3.63, 3.8) is 0 Å². The van der Waals surface area contributed by atoms with Gasteiger partial charge in [-0.1, -0.05) is 12.7 Å². The molecule has 1 rings (SSSR count). The van der Waals surface area contributed by atoms with Crippen molar-refractivity contribution in [3.8, 4) is 0 Å². The number of nitrogens with one attached hydrogen (secondary N) is 1. The van der Waals surface area contributed by atoms with Gasteiger partial charge in [-0.15, -0.1) is 11.8 Å². The summed E-state index contributed by atoms with van der Waals surface area (Å²) in [6, 6.07) is -1.13. The summed E-state index contributed by atoms with van der Waals surface area (Å²) in [5.74, 6) is 0.0536. The number of amides is 1. The Labute approximate surface area is 166 Å². The Hall–Kier alpha value is -1.54. The first-order valence-electron chi connectivity index (χ1n) is 8.98. The Morgan fingerprint density at radius 2 is 1.93 bits per heavy atom. The van der Waals surface area contributed by atoms with E-state index in [9.17, 15) is 9.59 Å². The van der Waals surface area contributed by atoms with Gasteiger partial charge in [0.1, 0.15) is 18.2 Å². The number of esters is 1. The molecule has 0 radical (unpaired) electrons. The quantitative estimate of drug-likeness (QED) is 0.521. The predicted octanol–water partition coefficient (Wildman–Crippen LogP) is 3.33. The van der Waals surface area contributed by atoms with E-state index in [1.54, 1.807) is 20.8 Å². The third-order valence-electron chi connectivity index (χ3n) is 3.23. The number of rotatable bonds is 7. The molecule has 8 heteroatoms. The monoisotopic (exact) mass is 400 g/mol. The summed E-state index contributed by atoms with van der Waals surface area (Å²) in [5, 5.41) is 3.46. The van der Waals surface area contributed by atoms with Crippen molar-refractivity contribution in [2.45, 2.75) is 77.9 Å². The molecule has 0 aromatic heterocycles. The average Bonchev–Trinajstić information content (AvgIpc) is 2.96. The molecule has 1 N–H and O–H groups in total. The van der Waals surface area contributed by atoms with Crippen molar-refractivity contribution in [1.82, 2.24) is 5.32 Å². The van der Waals surface area contributed by atoms with E-state index in [4.69, 9.17) is 14.2 Å². The number of carbonyl (C=O) groups excluding carboxylic acids is 2. The lowest BCUT2D eigenvalue weighted by Gasteiger charge is -2.32. The maximum Gasteiger partial charge on any atom is 0.408 e. The van der Waals surface area contributed by atoms with Gasteiger partial charge in [0.15, 0.2) is 6.04 Å². The molecular formula is C19H32N2O5S. The highest BCUT2D eigenvalue weighted by Gasteiger charge is 2.36. The van der Waals surface area contributed by atoms with Crippen LogP contribution < -0.4 is 5.32 Å². The van der Waals surface area contributed by atoms with E-state index in [1.807, 2.05) is 27.7 Å². The Morgan fingerprint density at radius 3 is 2.44 bits per heavy atom. The van der Waals surface area contributed by atoms with E-state index in [-0.39, 0.29) is 12.7 Å². The fourth-order valence-corrected chi connectivity index (χ4v) is 3.53. The summed E-state index contributed by atoms with van der Waals surface area (Å²) in [6.07, 6.45) is 0.584. The molecule has 0 unspecified atom stereocenters. The normalized spacial score (nSPS) is 19.7. The smallest absolute Gasteiger partial charge is 0.408 e. The predicted molar refractivity (Wildman–Crippen MR) is 108 cm³/mol. The van der Waals surface area contributed by atoms with Crippen LogP contribution in [0, 0.1) is 0 Å². The average molecular weight is 401 g/mol. The number of thioether (sulfide) groups is 1. The first-order chi connectivity index (χ1) is 12.3. The minimum atomic E-state index is -0.621. The summed E-state index contributed by atoms with van der Waals surface area (Å²) in [7, 11) is 0. The summed E-state index contributed by atoms with van der Waals surface area (Å²) in [6.45, 7) is 16.7. The number of nitrogens with zero attached hydrogens (tertiary/aromatic N) is 1. The standard InChI is InChI=1S/C19H32N2O5S/c1-9-10-24-16(22)13-11-27-15(20-13)14(12(2)25-18(3,4)5)21-17(23)26-19(6,7)8/h9,12-14H,1,10-11H2,2-8H3,(H,21,23)/t12-,13+,14+/m1/s1. The van der Waals surface area contributed by atoms with Gasteiger partial charge < -0.3 is 19.5 Å². The highest BCUT2D eigenvalue weighted by Crippen LogP contribution is 2.25. The molecule has 0 aromatic carbocycles. The fraction of sp³-hybridized carbons (Fsp3) is 0.737. The second-order valence-corrected chi connectivity index (χ2v) is 9.31. The van der Waals surface area contributed by atoms with Crippen LogP contribution in [0.25, 0.3) is 0 Å². The van der Waals surface area contributed by atoms with Crippen LogP contribution in [0.5, 0.6) is 0 Å². The second-order valence-electron chi connectivity index (χ2n) is 8.27. The van der Waals surface area contributed by atoms with Gasteiger partial charge in [0.25, 0.3) is 0 Å². The van der Waals surface area contributed by atoms with E-state index in [2.05, 4.69) is 16.9 Å². The number of alkyl carbamates (subject to hydrolysis) is 1. The zero-order valence-corrected chi connectivity index (χ0v) is 18.1. The molecule has 0 aliphatic carbocycles. The highest BCUT2D eigenvalue weighted by molar-refractivity contribution is 8.14. The maximum atomic E-state index is 12.3. The van der Waals surface area contributed by atoms with Gasteiger partial charge in [-0.2, -0.15) is 0 Å². The van der Waals surface area contributed by atoms with Gasteiger partial charge in [-0.3, -0.25) is 4.99 Å². The third kappa shape index (κ3) is 8.79. The molecular weight excluding hydrogens is 368 g/mol. The molecule has 1 amide bonds. The minimum Gasteiger partial charge on any atom is -0.460 e. The first kappa shape index (κ1) is 23.5. The van der Waals surface area contributed by atoms with Gasteiger partial charge in [0.05, 0.1) is 16.7 Å². The van der Waals surface area contributed by atoms with Crippen LogP contribution in [0.1, 0.15) is 48.5 Å². The van der Waals surface area contributed by atoms with Gasteiger partial charge in [0.2, 0.25) is 0 Å². The molecule has 0 saturated heterocycles. The highest BCUT2D eigenvalue weighted by atomic mass is 32.2. The fourth-order valence-electron chi connectivity index (χ4n) is 2.36. The van der Waals surface area contributed by atoms with Crippen LogP contribution in [-0.4, -0.2) is 58.9 Å². The van der Waals surface area contributed by atoms with Crippen molar-refractivity contribution >= 4 is 28.9 Å². The largest absolute Gasteiger partial charge is 0.460 e. The van der Waals surface area contributed by atoms with Crippen LogP contribution in [0.3, 0.4) is 0 Å². The second kappa shape index (κ2) is 9.59. The zero-order valence-electron chi connectivity index (χ0n) is 17.3. The van der Waals surface area contributed by atoms with Gasteiger partial charge in [-0.25, -0.2) is 9.59 Å². The van der Waals surface area contributed by atoms with Crippen LogP contribution in [0.4, 0.5) is 4.79 Å². The molecule has 0 aromatic rings. The molecule has 1 aliphatic heterocycles. The first-order valence-corrected chi connectivity index (χ1v) is 9.96. The molecule has 27 heavy (non-hydrogen) atoms. The van der Waals surface area contributed by atoms with Crippen LogP contribution >= 0.6 is 11.8 Å². The number of aliphatic imine (C=N–C) groups is 1. The molecule has 0 bridgehead atoms. The molecule has 0 spiro atoms. The van der Waals surface area contributed by atoms with Crippen LogP contribution in [0.2, 0.25) is 0 Å². The lowest BCUT2D eigenvalue weighted by Crippen LogP contribution is -2.50. The Balaban J connectivity index is 2.95. The Morgan fingerprint density at radius 1 is 1.30 bits per heavy atom. The summed E-state index contributed by atoms with van der Waals surface area (Å²) in [5.41, 5.74) is -1.02. The number of carbonyl (C=O) groups is 2. The summed E-state index contributed by atoms with van der Waals surface area (Å²) < 4.78 is 16.4. The van der Waals surface area contributed by atoms with Gasteiger partial charge in [0, 0.05) is 5.75 Å². The SMILES string of the molecule is C=CCOC(=O)[C@@H]1CSC([C@@H](NC(=O)OC(C)(C)C)[C@@H](C)OC(C)(C)C)=N1. The molecule has 1 heterocycles. The Bertz CT molecular complexity index is 578. The molecule has 7 nitrogen and oxygen atoms in total. The summed E-state index contributed by atoms with van der Waals surface area (Å²) >= 11 is 1.41. The van der Waals surface area contributed by atoms with Crippen LogP contribution in [-0.2, 0) is 19.0 Å². The lowest BCUT2D eigenvalue weighted by atomic mass is 10.1. The third-order valence-corrected chi connectivity index (χ3v) is 4.37. The molecule has 0 fully saturated rings. The van der Waals surface area contributed by atoms with E-state index in [1.165, 1.54) is 17.8 Å². The maximum absolute atomic E-state index is 12.3. The van der Waals surface area contributed by atoms with Crippen LogP contribution in [0.15, 0.2) is 17.6 Å². The molecule has 3 atom stereocenters. The van der Waals surface area contributed by atoms with E-state index in [0.717, 1.165) is 0 Å². The van der Waals surface area contributed by atoms with Gasteiger partial charge in [-0.05, 0) is 48.5 Å². The van der Waals surface area contributed by atoms with Crippen molar-refractivity contribution in [2.75, 3.05) is 12.4 Å². The molecule has 1 aliphatic rings. The summed E-state index contributed by atoms with van der Waals surface area (Å²) in [4.78, 5) is 28.8. The number of ether oxygens (including phenoxy) is 3. The van der Waals surface area contributed by atoms with Gasteiger partial charge >= 0.3 is 12.1 Å². The van der Waals surface area contributed by atoms with Crippen molar-refractivity contribution in [3.05, 3.63) is 12.7 Å². The van der Waals surface area contributed by atoms with E-state index in [0.29, 0.717) is 10.8 Å². The van der Waals surface area contributed by atoms with Crippen molar-refractivity contribution < 1.29 is 23.8 Å². The minimum absolute atomic E-state index is 0.147. The number of hydrogen-bond acceptors (Lipinski definition) is 7. The van der Waals surface area contributed by atoms with Crippen molar-refractivity contribution in [1.29, 1.82) is 0 Å². The lowest BCUT2D eigenvalue weighted by molar-refractivity contribution is -0.143. The molecule has 0 saturated carbocycles. The van der Waals surface area contributed by atoms with E-state index < -0.39 is 35.3 Å².